The van der Waals surface area contributed by atoms with Gasteiger partial charge in [-0.15, -0.1) is 0 Å². The molecule has 2 saturated heterocycles. The van der Waals surface area contributed by atoms with Gasteiger partial charge < -0.3 is 33.3 Å². The molecular formula is C39H84Br4N6O10Si2. The Morgan fingerprint density at radius 2 is 1.05 bits per heavy atom. The second kappa shape index (κ2) is 28.8. The van der Waals surface area contributed by atoms with Crippen LogP contribution < -0.4 is 22.1 Å². The Morgan fingerprint density at radius 1 is 0.672 bits per heavy atom. The molecule has 0 bridgehead atoms. The molecule has 0 saturated carbocycles. The first kappa shape index (κ1) is 65.2. The molecule has 16 nitrogen and oxygen atoms in total. The number of alkyl halides is 4. The van der Waals surface area contributed by atoms with Crippen LogP contribution in [0, 0.1) is 0 Å². The van der Waals surface area contributed by atoms with Crippen LogP contribution >= 0.6 is 63.7 Å². The standard InChI is InChI=1S/C14H30N2O3Si.C9H20Br2OSi.C8H16N2O3.C5H12N2O2.C3H6Br2O/c1-13(2,3)18-12(17)16-10-11(9-15-16)19-20(7,8)14(4,5)6;1-9(2,3)13(4,5)12-8(6-10)7-11;1-8(2,3)13-7(12)10-5-6(11)4-9-10;1-5(2,3)9-4(8)7-6;4-1-3(6)2-5/h11,15H,9-10H2,1-8H3;8H,6-7H2,1-5H3;6,9,11H,4-5H2,1-3H3;6H2,1-3H3,(H,7,8);3,6H,1-2H2. The zero-order valence-electron chi connectivity index (χ0n) is 40.6. The first-order chi connectivity index (χ1) is 27.2. The van der Waals surface area contributed by atoms with Crippen molar-refractivity contribution in [1.82, 2.24) is 26.3 Å². The van der Waals surface area contributed by atoms with E-state index in [-0.39, 0.29) is 29.9 Å². The summed E-state index contributed by atoms with van der Waals surface area (Å²) in [5, 5.41) is 24.1. The van der Waals surface area contributed by atoms with Gasteiger partial charge >= 0.3 is 18.3 Å². The fraction of sp³-hybridized carbons (Fsp3) is 0.923. The Kier molecular flexibility index (Phi) is 30.8. The quantitative estimate of drug-likeness (QED) is 0.0336. The minimum Gasteiger partial charge on any atom is -0.443 e. The van der Waals surface area contributed by atoms with Gasteiger partial charge in [0.15, 0.2) is 16.6 Å². The Hall–Kier alpha value is -0.116. The third-order valence-corrected chi connectivity index (χ3v) is 20.8. The zero-order chi connectivity index (χ0) is 49.0. The van der Waals surface area contributed by atoms with Gasteiger partial charge in [-0.3, -0.25) is 5.43 Å². The van der Waals surface area contributed by atoms with Gasteiger partial charge in [-0.25, -0.2) is 41.1 Å². The second-order valence-electron chi connectivity index (χ2n) is 20.5. The molecule has 0 aliphatic carbocycles. The van der Waals surface area contributed by atoms with Gasteiger partial charge in [0.25, 0.3) is 0 Å². The summed E-state index contributed by atoms with van der Waals surface area (Å²) in [5.74, 6) is 4.75. The first-order valence-corrected chi connectivity index (χ1v) is 30.6. The van der Waals surface area contributed by atoms with Gasteiger partial charge in [0.2, 0.25) is 0 Å². The number of hydrazine groups is 3. The maximum absolute atomic E-state index is 12.0. The smallest absolute Gasteiger partial charge is 0.424 e. The fourth-order valence-electron chi connectivity index (χ4n) is 3.73. The van der Waals surface area contributed by atoms with Gasteiger partial charge in [0.1, 0.15) is 16.8 Å². The monoisotopic (exact) mass is 1170 g/mol. The number of carbonyl (C=O) groups is 3. The number of aliphatic hydroxyl groups is 2. The molecule has 0 radical (unpaired) electrons. The number of ether oxygens (including phenoxy) is 3. The van der Waals surface area contributed by atoms with Crippen LogP contribution in [-0.4, -0.2) is 144 Å². The Labute approximate surface area is 404 Å². The summed E-state index contributed by atoms with van der Waals surface area (Å²) in [4.78, 5) is 33.7. The SMILES string of the molecule is CC(C)(C)OC(=O)N1CC(O)CN1.CC(C)(C)OC(=O)N1CC(O[Si](C)(C)C(C)(C)C)CN1.CC(C)(C)OC(=O)NN.CC(C)(C)[Si](C)(C)OC(CBr)CBr.OC(CBr)CBr. The molecule has 61 heavy (non-hydrogen) atoms. The minimum atomic E-state index is -1.80. The molecule has 0 spiro atoms. The van der Waals surface area contributed by atoms with Crippen molar-refractivity contribution in [3.8, 4) is 0 Å². The van der Waals surface area contributed by atoms with Gasteiger partial charge in [0.05, 0.1) is 37.5 Å². The summed E-state index contributed by atoms with van der Waals surface area (Å²) in [6, 6.07) is 0. The van der Waals surface area contributed by atoms with Gasteiger partial charge in [-0.2, -0.15) is 0 Å². The lowest BCUT2D eigenvalue weighted by Crippen LogP contribution is -2.45. The van der Waals surface area contributed by atoms with E-state index in [0.717, 1.165) is 10.7 Å². The number of hydrogen-bond donors (Lipinski definition) is 6. The lowest BCUT2D eigenvalue weighted by atomic mass is 10.2. The lowest BCUT2D eigenvalue weighted by Gasteiger charge is -2.38. The highest BCUT2D eigenvalue weighted by Crippen LogP contribution is 2.38. The van der Waals surface area contributed by atoms with Crippen molar-refractivity contribution in [2.45, 2.75) is 181 Å². The highest BCUT2D eigenvalue weighted by Gasteiger charge is 2.42. The van der Waals surface area contributed by atoms with Crippen molar-refractivity contribution in [3.63, 3.8) is 0 Å². The molecule has 3 amide bonds. The molecule has 2 heterocycles. The molecule has 7 N–H and O–H groups in total. The van der Waals surface area contributed by atoms with E-state index in [2.05, 4.69) is 142 Å². The number of aliphatic hydroxyl groups excluding tert-OH is 2. The molecule has 0 aromatic heterocycles. The zero-order valence-corrected chi connectivity index (χ0v) is 49.0. The van der Waals surface area contributed by atoms with Crippen molar-refractivity contribution in [2.24, 2.45) is 5.84 Å². The van der Waals surface area contributed by atoms with Gasteiger partial charge in [0, 0.05) is 34.4 Å². The largest absolute Gasteiger partial charge is 0.443 e. The van der Waals surface area contributed by atoms with Crippen molar-refractivity contribution in [1.29, 1.82) is 0 Å². The summed E-state index contributed by atoms with van der Waals surface area (Å²) < 4.78 is 27.6. The molecule has 0 aromatic carbocycles. The summed E-state index contributed by atoms with van der Waals surface area (Å²) in [6.45, 7) is 40.6. The highest BCUT2D eigenvalue weighted by molar-refractivity contribution is 9.10. The molecule has 2 fully saturated rings. The molecule has 2 rings (SSSR count). The molecule has 2 aliphatic heterocycles. The maximum Gasteiger partial charge on any atom is 0.424 e. The first-order valence-electron chi connectivity index (χ1n) is 20.3. The number of nitrogens with one attached hydrogen (secondary N) is 3. The molecule has 22 heteroatoms. The van der Waals surface area contributed by atoms with E-state index in [1.165, 1.54) is 10.0 Å². The Morgan fingerprint density at radius 3 is 1.31 bits per heavy atom. The molecule has 366 valence electrons. The average Bonchev–Trinajstić information content (AvgIpc) is 3.73. The number of nitrogens with zero attached hydrogens (tertiary/aromatic N) is 2. The van der Waals surface area contributed by atoms with Gasteiger partial charge in [-0.05, 0) is 98.6 Å². The fourth-order valence-corrected chi connectivity index (χ4v) is 9.33. The van der Waals surface area contributed by atoms with Crippen molar-refractivity contribution < 1.29 is 47.7 Å². The number of halogens is 4. The van der Waals surface area contributed by atoms with Crippen LogP contribution in [-0.2, 0) is 23.1 Å². The van der Waals surface area contributed by atoms with E-state index in [1.54, 1.807) is 41.5 Å². The van der Waals surface area contributed by atoms with Crippen LogP contribution in [0.1, 0.15) is 104 Å². The minimum absolute atomic E-state index is 0.0448. The van der Waals surface area contributed by atoms with Gasteiger partial charge in [-0.1, -0.05) is 105 Å². The van der Waals surface area contributed by atoms with E-state index in [1.807, 2.05) is 26.2 Å². The number of nitrogens with two attached hydrogens (primary N) is 1. The summed E-state index contributed by atoms with van der Waals surface area (Å²) >= 11 is 13.1. The number of hydrogen-bond acceptors (Lipinski definition) is 13. The summed E-state index contributed by atoms with van der Waals surface area (Å²) in [5.41, 5.74) is 6.22. The third-order valence-electron chi connectivity index (χ3n) is 8.79. The average molecular weight is 1170 g/mol. The second-order valence-corrected chi connectivity index (χ2v) is 32.6. The molecular weight excluding hydrogens is 1090 g/mol. The molecule has 2 unspecified atom stereocenters. The van der Waals surface area contributed by atoms with E-state index in [4.69, 9.17) is 39.1 Å². The van der Waals surface area contributed by atoms with E-state index in [9.17, 15) is 14.4 Å². The lowest BCUT2D eigenvalue weighted by molar-refractivity contribution is 0.0184. The van der Waals surface area contributed by atoms with E-state index < -0.39 is 51.7 Å². The summed E-state index contributed by atoms with van der Waals surface area (Å²) in [6.07, 6.45) is -1.76. The normalized spacial score (nSPS) is 17.4. The van der Waals surface area contributed by atoms with Crippen molar-refractivity contribution >= 4 is 98.6 Å². The molecule has 0 aromatic rings. The van der Waals surface area contributed by atoms with Crippen LogP contribution in [0.3, 0.4) is 0 Å². The maximum atomic E-state index is 12.0. The van der Waals surface area contributed by atoms with E-state index in [0.29, 0.717) is 41.4 Å². The Bertz CT molecular complexity index is 1250. The number of β-amino-alcohol motifs (C(OH)–C–C–N with tert-alkyl or cyclic N) is 1. The number of rotatable bonds is 8. The Balaban J connectivity index is -0.000000727. The van der Waals surface area contributed by atoms with Crippen LogP contribution in [0.5, 0.6) is 0 Å². The predicted molar refractivity (Wildman–Crippen MR) is 267 cm³/mol. The number of carbonyl (C=O) groups excluding carboxylic acids is 3. The van der Waals surface area contributed by atoms with Crippen molar-refractivity contribution in [2.75, 3.05) is 47.5 Å². The topological polar surface area (TPSA) is 206 Å². The molecule has 2 atom stereocenters. The van der Waals surface area contributed by atoms with Crippen molar-refractivity contribution in [3.05, 3.63) is 0 Å². The summed E-state index contributed by atoms with van der Waals surface area (Å²) in [7, 11) is -3.37. The van der Waals surface area contributed by atoms with Crippen LogP contribution in [0.4, 0.5) is 14.4 Å². The molecule has 2 aliphatic rings. The predicted octanol–water partition coefficient (Wildman–Crippen LogP) is 8.92. The number of amides is 3. The van der Waals surface area contributed by atoms with E-state index >= 15 is 0 Å². The van der Waals surface area contributed by atoms with Crippen LogP contribution in [0.15, 0.2) is 0 Å². The highest BCUT2D eigenvalue weighted by atomic mass is 79.9. The van der Waals surface area contributed by atoms with Crippen LogP contribution in [0.2, 0.25) is 36.3 Å². The van der Waals surface area contributed by atoms with Crippen LogP contribution in [0.25, 0.3) is 0 Å². The third kappa shape index (κ3) is 32.2.